The van der Waals surface area contributed by atoms with Crippen LogP contribution in [0.1, 0.15) is 36.1 Å². The number of hydrogen-bond donors (Lipinski definition) is 2. The summed E-state index contributed by atoms with van der Waals surface area (Å²) in [6, 6.07) is 14.3. The predicted molar refractivity (Wildman–Crippen MR) is 115 cm³/mol. The Morgan fingerprint density at radius 1 is 1.36 bits per heavy atom. The Labute approximate surface area is 171 Å². The molecule has 2 N–H and O–H groups in total. The van der Waals surface area contributed by atoms with Gasteiger partial charge in [-0.1, -0.05) is 48.0 Å². The van der Waals surface area contributed by atoms with E-state index in [9.17, 15) is 9.90 Å². The number of carboxylic acids is 1. The molecule has 0 bridgehead atoms. The van der Waals surface area contributed by atoms with Gasteiger partial charge in [0.15, 0.2) is 0 Å². The van der Waals surface area contributed by atoms with Gasteiger partial charge >= 0.3 is 5.97 Å². The molecule has 0 unspecified atom stereocenters. The molecule has 4 nitrogen and oxygen atoms in total. The summed E-state index contributed by atoms with van der Waals surface area (Å²) in [6.45, 7) is 10.4. The van der Waals surface area contributed by atoms with Gasteiger partial charge in [-0.2, -0.15) is 0 Å². The highest BCUT2D eigenvalue weighted by Gasteiger charge is 2.27. The van der Waals surface area contributed by atoms with Crippen LogP contribution in [0, 0.1) is 12.8 Å². The van der Waals surface area contributed by atoms with Gasteiger partial charge in [0.05, 0.1) is 12.0 Å². The van der Waals surface area contributed by atoms with Crippen molar-refractivity contribution >= 4 is 23.3 Å². The summed E-state index contributed by atoms with van der Waals surface area (Å²) in [7, 11) is 0. The Morgan fingerprint density at radius 3 is 2.79 bits per heavy atom. The average molecular weight is 399 g/mol. The van der Waals surface area contributed by atoms with Gasteiger partial charge in [-0.05, 0) is 61.7 Å². The largest absolute Gasteiger partial charge is 0.481 e. The minimum absolute atomic E-state index is 0.00519. The minimum Gasteiger partial charge on any atom is -0.481 e. The average Bonchev–Trinajstić information content (AvgIpc) is 3.11. The van der Waals surface area contributed by atoms with Gasteiger partial charge in [0, 0.05) is 23.8 Å². The number of anilines is 1. The molecule has 1 aliphatic heterocycles. The number of nitrogens with one attached hydrogen (secondary N) is 1. The smallest absolute Gasteiger partial charge is 0.307 e. The molecule has 2 atom stereocenters. The first kappa shape index (κ1) is 20.4. The summed E-state index contributed by atoms with van der Waals surface area (Å²) < 4.78 is 0. The lowest BCUT2D eigenvalue weighted by Crippen LogP contribution is -2.22. The van der Waals surface area contributed by atoms with Gasteiger partial charge in [0.1, 0.15) is 0 Å². The van der Waals surface area contributed by atoms with Crippen molar-refractivity contribution in [3.63, 3.8) is 0 Å². The van der Waals surface area contributed by atoms with Crippen LogP contribution in [0.3, 0.4) is 0 Å². The molecule has 0 amide bonds. The van der Waals surface area contributed by atoms with Crippen LogP contribution in [-0.2, 0) is 11.3 Å². The topological polar surface area (TPSA) is 52.6 Å². The molecule has 28 heavy (non-hydrogen) atoms. The maximum atomic E-state index is 11.2. The van der Waals surface area contributed by atoms with E-state index in [-0.39, 0.29) is 12.0 Å². The van der Waals surface area contributed by atoms with Gasteiger partial charge in [0.25, 0.3) is 0 Å². The zero-order valence-electron chi connectivity index (χ0n) is 16.4. The van der Waals surface area contributed by atoms with E-state index in [4.69, 9.17) is 11.6 Å². The number of rotatable bonds is 7. The predicted octanol–water partition coefficient (Wildman–Crippen LogP) is 5.28. The lowest BCUT2D eigenvalue weighted by Gasteiger charge is -2.22. The Hall–Kier alpha value is -2.30. The first-order chi connectivity index (χ1) is 13.3. The Balaban J connectivity index is 1.72. The Morgan fingerprint density at radius 2 is 2.14 bits per heavy atom. The van der Waals surface area contributed by atoms with Crippen molar-refractivity contribution < 1.29 is 9.90 Å². The van der Waals surface area contributed by atoms with Crippen LogP contribution < -0.4 is 5.32 Å². The number of carbonyl (C=O) groups is 1. The summed E-state index contributed by atoms with van der Waals surface area (Å²) >= 11 is 6.17. The van der Waals surface area contributed by atoms with E-state index in [2.05, 4.69) is 35.0 Å². The molecular weight excluding hydrogens is 372 g/mol. The highest BCUT2D eigenvalue weighted by atomic mass is 35.5. The second kappa shape index (κ2) is 8.80. The van der Waals surface area contributed by atoms with E-state index >= 15 is 0 Å². The van der Waals surface area contributed by atoms with E-state index in [1.165, 1.54) is 5.56 Å². The third-order valence-electron chi connectivity index (χ3n) is 5.27. The molecule has 2 aromatic rings. The number of nitrogens with zero attached hydrogens (tertiary/aromatic N) is 1. The van der Waals surface area contributed by atoms with Crippen LogP contribution >= 0.6 is 11.6 Å². The maximum Gasteiger partial charge on any atom is 0.307 e. The number of aryl methyl sites for hydroxylation is 1. The lowest BCUT2D eigenvalue weighted by molar-refractivity contribution is -0.141. The summed E-state index contributed by atoms with van der Waals surface area (Å²) in [5.74, 6) is -0.942. The van der Waals surface area contributed by atoms with Gasteiger partial charge < -0.3 is 10.4 Å². The molecule has 0 saturated carbocycles. The van der Waals surface area contributed by atoms with Crippen molar-refractivity contribution in [3.05, 3.63) is 76.3 Å². The van der Waals surface area contributed by atoms with Crippen molar-refractivity contribution in [2.75, 3.05) is 18.4 Å². The molecule has 0 spiro atoms. The summed E-state index contributed by atoms with van der Waals surface area (Å²) in [5.41, 5.74) is 5.39. The highest BCUT2D eigenvalue weighted by Crippen LogP contribution is 2.29. The van der Waals surface area contributed by atoms with Crippen LogP contribution in [-0.4, -0.2) is 29.1 Å². The van der Waals surface area contributed by atoms with Crippen molar-refractivity contribution in [3.8, 4) is 0 Å². The fourth-order valence-corrected chi connectivity index (χ4v) is 3.82. The molecule has 1 heterocycles. The standard InChI is InChI=1S/C23H27ClN2O2/c1-15(2)22(18-7-8-21(24)16(3)11-18)25-20-6-4-5-17(12-20)13-26-10-9-19(14-26)23(27)28/h4-8,11-12,19,22,25H,1,9-10,13-14H2,2-3H3,(H,27,28)/t19-,22-/m1/s1. The monoisotopic (exact) mass is 398 g/mol. The zero-order valence-corrected chi connectivity index (χ0v) is 17.2. The minimum atomic E-state index is -0.694. The molecule has 1 aliphatic rings. The molecule has 2 aromatic carbocycles. The molecule has 148 valence electrons. The highest BCUT2D eigenvalue weighted by molar-refractivity contribution is 6.31. The number of carboxylic acid groups (broad SMARTS) is 1. The van der Waals surface area contributed by atoms with E-state index in [0.717, 1.165) is 46.9 Å². The quantitative estimate of drug-likeness (QED) is 0.622. The van der Waals surface area contributed by atoms with Crippen molar-refractivity contribution in [2.45, 2.75) is 32.9 Å². The van der Waals surface area contributed by atoms with E-state index < -0.39 is 5.97 Å². The van der Waals surface area contributed by atoms with E-state index in [0.29, 0.717) is 6.54 Å². The van der Waals surface area contributed by atoms with Crippen LogP contribution in [0.4, 0.5) is 5.69 Å². The molecule has 0 aliphatic carbocycles. The molecular formula is C23H27ClN2O2. The second-order valence-corrected chi connectivity index (χ2v) is 8.10. The van der Waals surface area contributed by atoms with Gasteiger partial charge in [0.2, 0.25) is 0 Å². The fraction of sp³-hybridized carbons (Fsp3) is 0.348. The van der Waals surface area contributed by atoms with Crippen molar-refractivity contribution in [2.24, 2.45) is 5.92 Å². The molecule has 3 rings (SSSR count). The molecule has 0 radical (unpaired) electrons. The maximum absolute atomic E-state index is 11.2. The zero-order chi connectivity index (χ0) is 20.3. The summed E-state index contributed by atoms with van der Waals surface area (Å²) in [4.78, 5) is 13.4. The van der Waals surface area contributed by atoms with Crippen LogP contribution in [0.25, 0.3) is 0 Å². The van der Waals surface area contributed by atoms with Gasteiger partial charge in [-0.15, -0.1) is 0 Å². The van der Waals surface area contributed by atoms with Crippen molar-refractivity contribution in [1.82, 2.24) is 4.90 Å². The number of halogens is 1. The fourth-order valence-electron chi connectivity index (χ4n) is 3.70. The number of likely N-dealkylation sites (tertiary alicyclic amines) is 1. The van der Waals surface area contributed by atoms with Gasteiger partial charge in [-0.3, -0.25) is 9.69 Å². The third kappa shape index (κ3) is 4.94. The van der Waals surface area contributed by atoms with Crippen LogP contribution in [0.2, 0.25) is 5.02 Å². The molecule has 5 heteroatoms. The Kier molecular flexibility index (Phi) is 6.42. The van der Waals surface area contributed by atoms with Crippen molar-refractivity contribution in [1.29, 1.82) is 0 Å². The normalized spacial score (nSPS) is 18.0. The molecule has 1 saturated heterocycles. The summed E-state index contributed by atoms with van der Waals surface area (Å²) in [6.07, 6.45) is 0.723. The Bertz CT molecular complexity index is 881. The third-order valence-corrected chi connectivity index (χ3v) is 5.70. The van der Waals surface area contributed by atoms with E-state index in [1.807, 2.05) is 38.1 Å². The number of aliphatic carboxylic acids is 1. The van der Waals surface area contributed by atoms with Crippen LogP contribution in [0.5, 0.6) is 0 Å². The first-order valence-corrected chi connectivity index (χ1v) is 9.93. The summed E-state index contributed by atoms with van der Waals surface area (Å²) in [5, 5.41) is 13.5. The van der Waals surface area contributed by atoms with E-state index in [1.54, 1.807) is 0 Å². The number of hydrogen-bond acceptors (Lipinski definition) is 3. The van der Waals surface area contributed by atoms with Gasteiger partial charge in [-0.25, -0.2) is 0 Å². The first-order valence-electron chi connectivity index (χ1n) is 9.55. The number of benzene rings is 2. The lowest BCUT2D eigenvalue weighted by atomic mass is 9.98. The SMILES string of the molecule is C=C(C)[C@@H](Nc1cccc(CN2CC[C@@H](C(=O)O)C2)c1)c1ccc(Cl)c(C)c1. The molecule has 1 fully saturated rings. The second-order valence-electron chi connectivity index (χ2n) is 7.69. The van der Waals surface area contributed by atoms with Crippen LogP contribution in [0.15, 0.2) is 54.6 Å². The molecule has 0 aromatic heterocycles.